The minimum atomic E-state index is -0.408. The molecule has 1 aromatic rings. The van der Waals surface area contributed by atoms with Crippen molar-refractivity contribution in [3.8, 4) is 0 Å². The lowest BCUT2D eigenvalue weighted by atomic mass is 10.1. The third-order valence-corrected chi connectivity index (χ3v) is 3.47. The molecule has 1 aromatic carbocycles. The zero-order chi connectivity index (χ0) is 15.1. The number of benzene rings is 1. The number of rotatable bonds is 8. The second kappa shape index (κ2) is 8.66. The molecule has 0 aliphatic heterocycles. The van der Waals surface area contributed by atoms with Gasteiger partial charge in [-0.3, -0.25) is 0 Å². The Morgan fingerprint density at radius 3 is 1.95 bits per heavy atom. The zero-order valence-electron chi connectivity index (χ0n) is 13.1. The van der Waals surface area contributed by atoms with Crippen LogP contribution >= 0.6 is 11.6 Å². The summed E-state index contributed by atoms with van der Waals surface area (Å²) in [5.74, 6) is 1.31. The van der Waals surface area contributed by atoms with E-state index in [0.717, 1.165) is 31.6 Å². The van der Waals surface area contributed by atoms with Crippen molar-refractivity contribution in [1.29, 1.82) is 0 Å². The molecule has 0 amide bonds. The minimum absolute atomic E-state index is 0.408. The molecule has 20 heavy (non-hydrogen) atoms. The van der Waals surface area contributed by atoms with Gasteiger partial charge >= 0.3 is 0 Å². The normalized spacial score (nSPS) is 13.4. The van der Waals surface area contributed by atoms with Crippen molar-refractivity contribution in [2.75, 3.05) is 19.6 Å². The molecule has 2 nitrogen and oxygen atoms in total. The van der Waals surface area contributed by atoms with Crippen LogP contribution < -0.4 is 0 Å². The first kappa shape index (κ1) is 17.5. The minimum Gasteiger partial charge on any atom is -0.388 e. The van der Waals surface area contributed by atoms with E-state index in [1.165, 1.54) is 0 Å². The van der Waals surface area contributed by atoms with Gasteiger partial charge in [-0.1, -0.05) is 51.4 Å². The van der Waals surface area contributed by atoms with Gasteiger partial charge in [0.2, 0.25) is 0 Å². The van der Waals surface area contributed by atoms with Crippen LogP contribution in [0.2, 0.25) is 5.02 Å². The van der Waals surface area contributed by atoms with Crippen molar-refractivity contribution in [2.45, 2.75) is 40.2 Å². The Hall–Kier alpha value is -0.570. The van der Waals surface area contributed by atoms with Crippen molar-refractivity contribution in [2.24, 2.45) is 11.8 Å². The molecule has 1 unspecified atom stereocenters. The maximum absolute atomic E-state index is 10.3. The van der Waals surface area contributed by atoms with Gasteiger partial charge in [0.25, 0.3) is 0 Å². The lowest BCUT2D eigenvalue weighted by Crippen LogP contribution is -2.33. The fraction of sp³-hybridized carbons (Fsp3) is 0.647. The van der Waals surface area contributed by atoms with Crippen LogP contribution in [-0.2, 0) is 0 Å². The smallest absolute Gasteiger partial charge is 0.0802 e. The molecule has 0 spiro atoms. The molecule has 114 valence electrons. The monoisotopic (exact) mass is 297 g/mol. The Bertz CT molecular complexity index is 365. The van der Waals surface area contributed by atoms with Crippen LogP contribution in [0.1, 0.15) is 45.8 Å². The molecule has 1 N–H and O–H groups in total. The van der Waals surface area contributed by atoms with Crippen molar-refractivity contribution in [3.05, 3.63) is 34.9 Å². The highest BCUT2D eigenvalue weighted by molar-refractivity contribution is 6.30. The van der Waals surface area contributed by atoms with Gasteiger partial charge in [0, 0.05) is 24.7 Å². The van der Waals surface area contributed by atoms with Crippen LogP contribution in [0, 0.1) is 11.8 Å². The zero-order valence-corrected chi connectivity index (χ0v) is 13.9. The van der Waals surface area contributed by atoms with Gasteiger partial charge < -0.3 is 10.0 Å². The summed E-state index contributed by atoms with van der Waals surface area (Å²) in [4.78, 5) is 2.45. The summed E-state index contributed by atoms with van der Waals surface area (Å²) in [5.41, 5.74) is 0.948. The summed E-state index contributed by atoms with van der Waals surface area (Å²) in [6, 6.07) is 7.48. The predicted molar refractivity (Wildman–Crippen MR) is 87.1 cm³/mol. The first-order valence-corrected chi connectivity index (χ1v) is 7.92. The number of halogens is 1. The molecule has 0 heterocycles. The number of hydrogen-bond acceptors (Lipinski definition) is 2. The van der Waals surface area contributed by atoms with Crippen molar-refractivity contribution in [3.63, 3.8) is 0 Å². The van der Waals surface area contributed by atoms with Crippen molar-refractivity contribution < 1.29 is 5.11 Å². The molecule has 0 aliphatic rings. The number of nitrogens with zero attached hydrogens (tertiary/aromatic N) is 1. The van der Waals surface area contributed by atoms with E-state index in [9.17, 15) is 5.11 Å². The van der Waals surface area contributed by atoms with E-state index >= 15 is 0 Å². The fourth-order valence-corrected chi connectivity index (χ4v) is 2.57. The summed E-state index contributed by atoms with van der Waals surface area (Å²) in [6.07, 6.45) is 0.357. The van der Waals surface area contributed by atoms with Gasteiger partial charge in [-0.15, -0.1) is 0 Å². The highest BCUT2D eigenvalue weighted by Gasteiger charge is 2.13. The molecule has 0 aromatic heterocycles. The lowest BCUT2D eigenvalue weighted by molar-refractivity contribution is 0.131. The average Bonchev–Trinajstić information content (AvgIpc) is 2.35. The summed E-state index contributed by atoms with van der Waals surface area (Å²) < 4.78 is 0. The molecular weight excluding hydrogens is 270 g/mol. The van der Waals surface area contributed by atoms with Gasteiger partial charge in [-0.25, -0.2) is 0 Å². The largest absolute Gasteiger partial charge is 0.388 e. The van der Waals surface area contributed by atoms with Crippen LogP contribution in [0.25, 0.3) is 0 Å². The SMILES string of the molecule is CC(C)CN(CCC(O)c1ccc(Cl)cc1)CC(C)C. The molecule has 0 saturated heterocycles. The van der Waals surface area contributed by atoms with Crippen LogP contribution in [-0.4, -0.2) is 29.6 Å². The summed E-state index contributed by atoms with van der Waals surface area (Å²) >= 11 is 5.87. The Labute approximate surface area is 128 Å². The molecule has 1 atom stereocenters. The van der Waals surface area contributed by atoms with E-state index in [-0.39, 0.29) is 0 Å². The summed E-state index contributed by atoms with van der Waals surface area (Å²) in [7, 11) is 0. The number of aliphatic hydroxyl groups is 1. The standard InChI is InChI=1S/C17H28ClNO/c1-13(2)11-19(12-14(3)4)10-9-17(20)15-5-7-16(18)8-6-15/h5-8,13-14,17,20H,9-12H2,1-4H3. The predicted octanol–water partition coefficient (Wildman–Crippen LogP) is 4.38. The number of aliphatic hydroxyl groups excluding tert-OH is 1. The second-order valence-electron chi connectivity index (χ2n) is 6.40. The van der Waals surface area contributed by atoms with Crippen LogP contribution in [0.4, 0.5) is 0 Å². The van der Waals surface area contributed by atoms with Crippen LogP contribution in [0.15, 0.2) is 24.3 Å². The van der Waals surface area contributed by atoms with E-state index in [0.29, 0.717) is 16.9 Å². The fourth-order valence-electron chi connectivity index (χ4n) is 2.45. The topological polar surface area (TPSA) is 23.5 Å². The summed E-state index contributed by atoms with van der Waals surface area (Å²) in [5, 5.41) is 11.0. The molecule has 0 fully saturated rings. The lowest BCUT2D eigenvalue weighted by Gasteiger charge is -2.27. The highest BCUT2D eigenvalue weighted by atomic mass is 35.5. The average molecular weight is 298 g/mol. The molecule has 0 saturated carbocycles. The molecule has 0 bridgehead atoms. The molecule has 1 rings (SSSR count). The quantitative estimate of drug-likeness (QED) is 0.770. The van der Waals surface area contributed by atoms with Gasteiger partial charge in [0.1, 0.15) is 0 Å². The van der Waals surface area contributed by atoms with E-state index in [1.54, 1.807) is 0 Å². The number of hydrogen-bond donors (Lipinski definition) is 1. The maximum atomic E-state index is 10.3. The van der Waals surface area contributed by atoms with Gasteiger partial charge in [0.15, 0.2) is 0 Å². The van der Waals surface area contributed by atoms with Gasteiger partial charge in [-0.05, 0) is 36.0 Å². The Morgan fingerprint density at radius 2 is 1.50 bits per heavy atom. The molecule has 3 heteroatoms. The third kappa shape index (κ3) is 6.74. The van der Waals surface area contributed by atoms with Gasteiger partial charge in [-0.2, -0.15) is 0 Å². The summed E-state index contributed by atoms with van der Waals surface area (Å²) in [6.45, 7) is 12.1. The molecular formula is C17H28ClNO. The Balaban J connectivity index is 2.50. The van der Waals surface area contributed by atoms with Crippen molar-refractivity contribution in [1.82, 2.24) is 4.90 Å². The van der Waals surface area contributed by atoms with Crippen LogP contribution in [0.5, 0.6) is 0 Å². The van der Waals surface area contributed by atoms with E-state index in [2.05, 4.69) is 32.6 Å². The Morgan fingerprint density at radius 1 is 1.00 bits per heavy atom. The van der Waals surface area contributed by atoms with E-state index < -0.39 is 6.10 Å². The van der Waals surface area contributed by atoms with Gasteiger partial charge in [0.05, 0.1) is 6.10 Å². The first-order chi connectivity index (χ1) is 9.38. The highest BCUT2D eigenvalue weighted by Crippen LogP contribution is 2.20. The van der Waals surface area contributed by atoms with Crippen molar-refractivity contribution >= 4 is 11.6 Å². The van der Waals surface area contributed by atoms with E-state index in [4.69, 9.17) is 11.6 Å². The van der Waals surface area contributed by atoms with Crippen LogP contribution in [0.3, 0.4) is 0 Å². The molecule has 0 radical (unpaired) electrons. The second-order valence-corrected chi connectivity index (χ2v) is 6.84. The third-order valence-electron chi connectivity index (χ3n) is 3.22. The maximum Gasteiger partial charge on any atom is 0.0802 e. The molecule has 0 aliphatic carbocycles. The van der Waals surface area contributed by atoms with E-state index in [1.807, 2.05) is 24.3 Å². The Kier molecular flexibility index (Phi) is 7.57. The first-order valence-electron chi connectivity index (χ1n) is 7.54.